The number of rotatable bonds is 5. The van der Waals surface area contributed by atoms with Crippen LogP contribution in [0.1, 0.15) is 21.5 Å². The lowest BCUT2D eigenvalue weighted by molar-refractivity contribution is -0.119. The van der Waals surface area contributed by atoms with Crippen LogP contribution in [0.25, 0.3) is 10.2 Å². The van der Waals surface area contributed by atoms with Gasteiger partial charge in [0.2, 0.25) is 5.91 Å². The van der Waals surface area contributed by atoms with Gasteiger partial charge in [-0.25, -0.2) is 4.98 Å². The molecule has 1 heterocycles. The number of aromatic nitrogens is 1. The molecule has 4 N–H and O–H groups in total. The van der Waals surface area contributed by atoms with E-state index >= 15 is 0 Å². The lowest BCUT2D eigenvalue weighted by Gasteiger charge is -2.09. The fourth-order valence-corrected chi connectivity index (χ4v) is 3.37. The summed E-state index contributed by atoms with van der Waals surface area (Å²) in [6.07, 6.45) is 0. The SMILES string of the molecule is Cc1ccc2nc(NC(=O)c3ccccc3CNC(=O)CN)sc2c1. The van der Waals surface area contributed by atoms with Crippen molar-refractivity contribution in [2.24, 2.45) is 5.73 Å². The number of nitrogens with one attached hydrogen (secondary N) is 2. The third-order valence-corrected chi connectivity index (χ3v) is 4.62. The minimum absolute atomic E-state index is 0.0838. The molecule has 2 amide bonds. The van der Waals surface area contributed by atoms with Crippen LogP contribution in [0.3, 0.4) is 0 Å². The first-order valence-corrected chi connectivity index (χ1v) is 8.61. The molecular weight excluding hydrogens is 336 g/mol. The Balaban J connectivity index is 1.79. The van der Waals surface area contributed by atoms with Gasteiger partial charge in [0.1, 0.15) is 0 Å². The van der Waals surface area contributed by atoms with Crippen LogP contribution in [-0.2, 0) is 11.3 Å². The van der Waals surface area contributed by atoms with E-state index in [2.05, 4.69) is 15.6 Å². The van der Waals surface area contributed by atoms with Crippen molar-refractivity contribution in [3.05, 3.63) is 59.2 Å². The first-order valence-electron chi connectivity index (χ1n) is 7.80. The maximum Gasteiger partial charge on any atom is 0.257 e. The molecule has 0 aliphatic carbocycles. The molecule has 25 heavy (non-hydrogen) atoms. The van der Waals surface area contributed by atoms with Crippen LogP contribution in [0.2, 0.25) is 0 Å². The van der Waals surface area contributed by atoms with Gasteiger partial charge in [-0.3, -0.25) is 14.9 Å². The van der Waals surface area contributed by atoms with Gasteiger partial charge < -0.3 is 11.1 Å². The van der Waals surface area contributed by atoms with Crippen molar-refractivity contribution in [3.8, 4) is 0 Å². The van der Waals surface area contributed by atoms with E-state index in [4.69, 9.17) is 5.73 Å². The number of carbonyl (C=O) groups is 2. The second-order valence-corrected chi connectivity index (χ2v) is 6.61. The van der Waals surface area contributed by atoms with Gasteiger partial charge in [0.15, 0.2) is 5.13 Å². The first-order chi connectivity index (χ1) is 12.1. The monoisotopic (exact) mass is 354 g/mol. The number of fused-ring (bicyclic) bond motifs is 1. The van der Waals surface area contributed by atoms with E-state index < -0.39 is 0 Å². The molecule has 128 valence electrons. The average Bonchev–Trinajstić information content (AvgIpc) is 3.01. The number of amides is 2. The second-order valence-electron chi connectivity index (χ2n) is 5.58. The van der Waals surface area contributed by atoms with Crippen molar-refractivity contribution in [2.75, 3.05) is 11.9 Å². The third kappa shape index (κ3) is 4.01. The lowest BCUT2D eigenvalue weighted by atomic mass is 10.1. The highest BCUT2D eigenvalue weighted by Gasteiger charge is 2.14. The Morgan fingerprint density at radius 2 is 2.00 bits per heavy atom. The number of benzene rings is 2. The molecular formula is C18H18N4O2S. The molecule has 0 fully saturated rings. The van der Waals surface area contributed by atoms with E-state index in [9.17, 15) is 9.59 Å². The highest BCUT2D eigenvalue weighted by molar-refractivity contribution is 7.22. The number of nitrogens with two attached hydrogens (primary N) is 1. The van der Waals surface area contributed by atoms with Crippen LogP contribution < -0.4 is 16.4 Å². The van der Waals surface area contributed by atoms with Crippen molar-refractivity contribution in [2.45, 2.75) is 13.5 Å². The quantitative estimate of drug-likeness (QED) is 0.655. The number of hydrogen-bond acceptors (Lipinski definition) is 5. The van der Waals surface area contributed by atoms with E-state index in [1.54, 1.807) is 18.2 Å². The molecule has 3 aromatic rings. The summed E-state index contributed by atoms with van der Waals surface area (Å²) in [6, 6.07) is 13.1. The van der Waals surface area contributed by atoms with E-state index in [1.165, 1.54) is 11.3 Å². The summed E-state index contributed by atoms with van der Waals surface area (Å²) in [5, 5.41) is 6.07. The fraction of sp³-hybridized carbons (Fsp3) is 0.167. The van der Waals surface area contributed by atoms with Gasteiger partial charge in [0, 0.05) is 12.1 Å². The number of aryl methyl sites for hydroxylation is 1. The predicted molar refractivity (Wildman–Crippen MR) is 99.7 cm³/mol. The summed E-state index contributed by atoms with van der Waals surface area (Å²) >= 11 is 1.43. The molecule has 0 unspecified atom stereocenters. The van der Waals surface area contributed by atoms with E-state index in [1.807, 2.05) is 31.2 Å². The summed E-state index contributed by atoms with van der Waals surface area (Å²) < 4.78 is 1.03. The summed E-state index contributed by atoms with van der Waals surface area (Å²) in [5.41, 5.74) is 8.51. The molecule has 0 bridgehead atoms. The van der Waals surface area contributed by atoms with Crippen LogP contribution in [0.15, 0.2) is 42.5 Å². The number of anilines is 1. The van der Waals surface area contributed by atoms with Crippen molar-refractivity contribution in [3.63, 3.8) is 0 Å². The molecule has 3 rings (SSSR count). The Bertz CT molecular complexity index is 936. The number of hydrogen-bond donors (Lipinski definition) is 3. The second kappa shape index (κ2) is 7.42. The van der Waals surface area contributed by atoms with Crippen LogP contribution >= 0.6 is 11.3 Å². The Morgan fingerprint density at radius 3 is 2.80 bits per heavy atom. The van der Waals surface area contributed by atoms with Gasteiger partial charge in [-0.05, 0) is 36.2 Å². The normalized spacial score (nSPS) is 10.6. The zero-order valence-corrected chi connectivity index (χ0v) is 14.5. The molecule has 0 atom stereocenters. The molecule has 2 aromatic carbocycles. The number of carbonyl (C=O) groups excluding carboxylic acids is 2. The highest BCUT2D eigenvalue weighted by Crippen LogP contribution is 2.27. The Kier molecular flexibility index (Phi) is 5.06. The summed E-state index contributed by atoms with van der Waals surface area (Å²) in [4.78, 5) is 28.4. The zero-order chi connectivity index (χ0) is 17.8. The fourth-order valence-electron chi connectivity index (χ4n) is 2.41. The largest absolute Gasteiger partial charge is 0.351 e. The average molecular weight is 354 g/mol. The van der Waals surface area contributed by atoms with Crippen LogP contribution in [-0.4, -0.2) is 23.3 Å². The van der Waals surface area contributed by atoms with Crippen molar-refractivity contribution in [1.82, 2.24) is 10.3 Å². The van der Waals surface area contributed by atoms with E-state index in [0.717, 1.165) is 21.3 Å². The molecule has 0 aliphatic rings. The topological polar surface area (TPSA) is 97.1 Å². The van der Waals surface area contributed by atoms with Crippen LogP contribution in [0, 0.1) is 6.92 Å². The van der Waals surface area contributed by atoms with Gasteiger partial charge in [-0.15, -0.1) is 0 Å². The van der Waals surface area contributed by atoms with Crippen LogP contribution in [0.5, 0.6) is 0 Å². The minimum atomic E-state index is -0.267. The maximum absolute atomic E-state index is 12.6. The zero-order valence-electron chi connectivity index (χ0n) is 13.7. The maximum atomic E-state index is 12.6. The van der Waals surface area contributed by atoms with Gasteiger partial charge in [-0.1, -0.05) is 35.6 Å². The standard InChI is InChI=1S/C18H18N4O2S/c1-11-6-7-14-15(8-11)25-18(21-14)22-17(24)13-5-3-2-4-12(13)10-20-16(23)9-19/h2-8H,9-10,19H2,1H3,(H,20,23)(H,21,22,24). The molecule has 0 saturated carbocycles. The molecule has 0 radical (unpaired) electrons. The third-order valence-electron chi connectivity index (χ3n) is 3.69. The highest BCUT2D eigenvalue weighted by atomic mass is 32.1. The molecule has 0 aliphatic heterocycles. The first kappa shape index (κ1) is 17.1. The molecule has 0 saturated heterocycles. The summed E-state index contributed by atoms with van der Waals surface area (Å²) in [5.74, 6) is -0.523. The van der Waals surface area contributed by atoms with Gasteiger partial charge in [-0.2, -0.15) is 0 Å². The van der Waals surface area contributed by atoms with E-state index in [0.29, 0.717) is 10.7 Å². The molecule has 7 heteroatoms. The smallest absolute Gasteiger partial charge is 0.257 e. The lowest BCUT2D eigenvalue weighted by Crippen LogP contribution is -2.30. The van der Waals surface area contributed by atoms with Gasteiger partial charge in [0.25, 0.3) is 5.91 Å². The number of nitrogens with zero attached hydrogens (tertiary/aromatic N) is 1. The minimum Gasteiger partial charge on any atom is -0.351 e. The van der Waals surface area contributed by atoms with Gasteiger partial charge >= 0.3 is 0 Å². The van der Waals surface area contributed by atoms with E-state index in [-0.39, 0.29) is 24.9 Å². The van der Waals surface area contributed by atoms with Crippen LogP contribution in [0.4, 0.5) is 5.13 Å². The molecule has 0 spiro atoms. The molecule has 6 nitrogen and oxygen atoms in total. The van der Waals surface area contributed by atoms with Crippen molar-refractivity contribution < 1.29 is 9.59 Å². The number of thiazole rings is 1. The summed E-state index contributed by atoms with van der Waals surface area (Å²) in [6.45, 7) is 2.18. The Morgan fingerprint density at radius 1 is 1.20 bits per heavy atom. The predicted octanol–water partition coefficient (Wildman–Crippen LogP) is 2.43. The Labute approximate surface area is 149 Å². The van der Waals surface area contributed by atoms with Crippen molar-refractivity contribution in [1.29, 1.82) is 0 Å². The molecule has 1 aromatic heterocycles. The Hall–Kier alpha value is -2.77. The van der Waals surface area contributed by atoms with Crippen molar-refractivity contribution >= 4 is 38.5 Å². The van der Waals surface area contributed by atoms with Gasteiger partial charge in [0.05, 0.1) is 16.8 Å². The summed E-state index contributed by atoms with van der Waals surface area (Å²) in [7, 11) is 0.